The van der Waals surface area contributed by atoms with Crippen molar-refractivity contribution < 1.29 is 26.4 Å². The second kappa shape index (κ2) is 8.54. The van der Waals surface area contributed by atoms with Gasteiger partial charge in [0, 0.05) is 31.1 Å². The zero-order valence-corrected chi connectivity index (χ0v) is 16.3. The van der Waals surface area contributed by atoms with Gasteiger partial charge in [-0.2, -0.15) is 4.31 Å². The Balaban J connectivity index is 1.58. The fraction of sp³-hybridized carbons (Fsp3) is 0.278. The number of thioether (sulfide) groups is 1. The molecule has 5 nitrogen and oxygen atoms in total. The smallest absolute Gasteiger partial charge is 0.246 e. The maximum absolute atomic E-state index is 13.8. The number of sulfonamides is 1. The number of hydrogen-bond acceptors (Lipinski definition) is 4. The first-order valence-corrected chi connectivity index (χ1v) is 10.8. The third kappa shape index (κ3) is 4.68. The average Bonchev–Trinajstić information content (AvgIpc) is 2.69. The second-order valence-electron chi connectivity index (χ2n) is 6.10. The number of benzene rings is 2. The van der Waals surface area contributed by atoms with E-state index in [4.69, 9.17) is 0 Å². The lowest BCUT2D eigenvalue weighted by Gasteiger charge is -2.34. The highest BCUT2D eigenvalue weighted by molar-refractivity contribution is 8.00. The van der Waals surface area contributed by atoms with E-state index >= 15 is 0 Å². The van der Waals surface area contributed by atoms with E-state index in [0.29, 0.717) is 6.07 Å². The Hall–Kier alpha value is -2.04. The second-order valence-corrected chi connectivity index (χ2v) is 9.06. The lowest BCUT2D eigenvalue weighted by Crippen LogP contribution is -2.51. The van der Waals surface area contributed by atoms with Crippen molar-refractivity contribution in [2.45, 2.75) is 9.79 Å². The minimum atomic E-state index is -4.18. The summed E-state index contributed by atoms with van der Waals surface area (Å²) in [5.41, 5.74) is 0. The quantitative estimate of drug-likeness (QED) is 0.685. The highest BCUT2D eigenvalue weighted by Crippen LogP contribution is 2.23. The van der Waals surface area contributed by atoms with Crippen LogP contribution in [0.3, 0.4) is 0 Å². The molecule has 2 aromatic rings. The van der Waals surface area contributed by atoms with Crippen molar-refractivity contribution in [2.24, 2.45) is 0 Å². The van der Waals surface area contributed by atoms with Crippen molar-refractivity contribution in [2.75, 3.05) is 31.9 Å². The first kappa shape index (κ1) is 20.7. The van der Waals surface area contributed by atoms with Crippen LogP contribution in [0, 0.1) is 17.5 Å². The third-order valence-electron chi connectivity index (χ3n) is 4.28. The van der Waals surface area contributed by atoms with Crippen LogP contribution < -0.4 is 0 Å². The summed E-state index contributed by atoms with van der Waals surface area (Å²) in [6.07, 6.45) is 0. The van der Waals surface area contributed by atoms with Crippen LogP contribution in [0.2, 0.25) is 0 Å². The summed E-state index contributed by atoms with van der Waals surface area (Å²) in [4.78, 5) is 13.9. The van der Waals surface area contributed by atoms with E-state index in [0.717, 1.165) is 21.3 Å². The van der Waals surface area contributed by atoms with E-state index in [1.807, 2.05) is 0 Å². The highest BCUT2D eigenvalue weighted by atomic mass is 32.2. The van der Waals surface area contributed by atoms with E-state index in [2.05, 4.69) is 0 Å². The minimum Gasteiger partial charge on any atom is -0.339 e. The maximum Gasteiger partial charge on any atom is 0.246 e. The molecule has 0 aliphatic carbocycles. The molecule has 1 aliphatic rings. The number of halogens is 3. The molecule has 0 spiro atoms. The topological polar surface area (TPSA) is 57.7 Å². The van der Waals surface area contributed by atoms with Crippen molar-refractivity contribution in [1.82, 2.24) is 9.21 Å². The number of nitrogens with zero attached hydrogens (tertiary/aromatic N) is 2. The van der Waals surface area contributed by atoms with Crippen molar-refractivity contribution in [3.8, 4) is 0 Å². The van der Waals surface area contributed by atoms with E-state index in [-0.39, 0.29) is 43.7 Å². The summed E-state index contributed by atoms with van der Waals surface area (Å²) in [6, 6.07) is 8.04. The molecule has 0 bridgehead atoms. The summed E-state index contributed by atoms with van der Waals surface area (Å²) in [7, 11) is -4.18. The van der Waals surface area contributed by atoms with Crippen LogP contribution in [0.5, 0.6) is 0 Å². The van der Waals surface area contributed by atoms with Gasteiger partial charge in [-0.15, -0.1) is 11.8 Å². The lowest BCUT2D eigenvalue weighted by atomic mass is 10.3. The average molecular weight is 430 g/mol. The number of carbonyl (C=O) groups is 1. The van der Waals surface area contributed by atoms with Gasteiger partial charge < -0.3 is 4.90 Å². The predicted octanol–water partition coefficient (Wildman–Crippen LogP) is 2.73. The molecule has 0 atom stereocenters. The van der Waals surface area contributed by atoms with Crippen LogP contribution in [-0.4, -0.2) is 55.5 Å². The Bertz CT molecular complexity index is 961. The van der Waals surface area contributed by atoms with Gasteiger partial charge in [-0.1, -0.05) is 0 Å². The van der Waals surface area contributed by atoms with Gasteiger partial charge in [0.1, 0.15) is 22.3 Å². The fourth-order valence-electron chi connectivity index (χ4n) is 2.76. The van der Waals surface area contributed by atoms with Crippen LogP contribution in [-0.2, 0) is 14.8 Å². The lowest BCUT2D eigenvalue weighted by molar-refractivity contribution is -0.129. The molecule has 3 rings (SSSR count). The molecule has 2 aromatic carbocycles. The number of piperazine rings is 1. The molecule has 1 fully saturated rings. The summed E-state index contributed by atoms with van der Waals surface area (Å²) < 4.78 is 66.2. The first-order chi connectivity index (χ1) is 13.3. The minimum absolute atomic E-state index is 0.00869. The van der Waals surface area contributed by atoms with Gasteiger partial charge in [-0.05, 0) is 42.5 Å². The Kier molecular flexibility index (Phi) is 6.31. The predicted molar refractivity (Wildman–Crippen MR) is 98.8 cm³/mol. The van der Waals surface area contributed by atoms with E-state index in [9.17, 15) is 26.4 Å². The van der Waals surface area contributed by atoms with E-state index < -0.39 is 26.6 Å². The Labute approximate surface area is 165 Å². The molecule has 0 unspecified atom stereocenters. The van der Waals surface area contributed by atoms with Crippen LogP contribution >= 0.6 is 11.8 Å². The van der Waals surface area contributed by atoms with Crippen molar-refractivity contribution in [3.63, 3.8) is 0 Å². The molecule has 0 aromatic heterocycles. The SMILES string of the molecule is O=C(CSc1ccc(F)cc1)N1CCN(S(=O)(=O)c2cc(F)ccc2F)CC1. The number of rotatable bonds is 5. The molecule has 0 saturated carbocycles. The van der Waals surface area contributed by atoms with Gasteiger partial charge in [-0.25, -0.2) is 21.6 Å². The van der Waals surface area contributed by atoms with Gasteiger partial charge in [-0.3, -0.25) is 4.79 Å². The maximum atomic E-state index is 13.8. The van der Waals surface area contributed by atoms with Gasteiger partial charge >= 0.3 is 0 Å². The highest BCUT2D eigenvalue weighted by Gasteiger charge is 2.32. The summed E-state index contributed by atoms with van der Waals surface area (Å²) in [5, 5.41) is 0. The molecular formula is C18H17F3N2O3S2. The molecule has 1 heterocycles. The zero-order chi connectivity index (χ0) is 20.3. The van der Waals surface area contributed by atoms with Crippen LogP contribution in [0.25, 0.3) is 0 Å². The van der Waals surface area contributed by atoms with Gasteiger partial charge in [0.05, 0.1) is 5.75 Å². The number of hydrogen-bond donors (Lipinski definition) is 0. The Morgan fingerprint density at radius 1 is 0.929 bits per heavy atom. The van der Waals surface area contributed by atoms with Gasteiger partial charge in [0.2, 0.25) is 15.9 Å². The molecule has 150 valence electrons. The molecule has 10 heteroatoms. The van der Waals surface area contributed by atoms with Crippen molar-refractivity contribution in [3.05, 3.63) is 59.9 Å². The summed E-state index contributed by atoms with van der Waals surface area (Å²) in [6.45, 7) is 0.286. The molecule has 0 N–H and O–H groups in total. The van der Waals surface area contributed by atoms with Crippen molar-refractivity contribution in [1.29, 1.82) is 0 Å². The summed E-state index contributed by atoms with van der Waals surface area (Å²) in [5.74, 6) is -2.26. The largest absolute Gasteiger partial charge is 0.339 e. The molecule has 0 radical (unpaired) electrons. The van der Waals surface area contributed by atoms with Crippen molar-refractivity contribution >= 4 is 27.7 Å². The number of carbonyl (C=O) groups excluding carboxylic acids is 1. The van der Waals surface area contributed by atoms with E-state index in [1.165, 1.54) is 28.8 Å². The molecule has 1 amide bonds. The molecule has 28 heavy (non-hydrogen) atoms. The number of amides is 1. The van der Waals surface area contributed by atoms with Gasteiger partial charge in [0.15, 0.2) is 0 Å². The zero-order valence-electron chi connectivity index (χ0n) is 14.6. The normalized spacial score (nSPS) is 15.6. The molecular weight excluding hydrogens is 413 g/mol. The van der Waals surface area contributed by atoms with E-state index in [1.54, 1.807) is 12.1 Å². The standard InChI is InChI=1S/C18H17F3N2O3S2/c19-13-1-4-15(5-2-13)27-12-18(24)22-7-9-23(10-8-22)28(25,26)17-11-14(20)3-6-16(17)21/h1-6,11H,7-10,12H2. The summed E-state index contributed by atoms with van der Waals surface area (Å²) >= 11 is 1.26. The molecule has 1 saturated heterocycles. The third-order valence-corrected chi connectivity index (χ3v) is 7.19. The monoisotopic (exact) mass is 430 g/mol. The Morgan fingerprint density at radius 3 is 2.18 bits per heavy atom. The van der Waals surface area contributed by atoms with Crippen LogP contribution in [0.15, 0.2) is 52.3 Å². The Morgan fingerprint density at radius 2 is 1.54 bits per heavy atom. The fourth-order valence-corrected chi connectivity index (χ4v) is 5.06. The first-order valence-electron chi connectivity index (χ1n) is 8.39. The van der Waals surface area contributed by atoms with Gasteiger partial charge in [0.25, 0.3) is 0 Å². The molecule has 1 aliphatic heterocycles. The van der Waals surface area contributed by atoms with Crippen LogP contribution in [0.4, 0.5) is 13.2 Å². The van der Waals surface area contributed by atoms with Crippen LogP contribution in [0.1, 0.15) is 0 Å².